The van der Waals surface area contributed by atoms with E-state index in [-0.39, 0.29) is 17.7 Å². The summed E-state index contributed by atoms with van der Waals surface area (Å²) >= 11 is 0. The highest BCUT2D eigenvalue weighted by Gasteiger charge is 2.30. The number of nitrogens with zero attached hydrogens (tertiary/aromatic N) is 1. The minimum absolute atomic E-state index is 0.0315. The molecule has 1 heterocycles. The third-order valence-corrected chi connectivity index (χ3v) is 4.57. The van der Waals surface area contributed by atoms with E-state index in [2.05, 4.69) is 41.7 Å². The first kappa shape index (κ1) is 17.5. The second-order valence-electron chi connectivity index (χ2n) is 7.19. The number of hydrogen-bond donors (Lipinski definition) is 1. The molecule has 0 saturated carbocycles. The molecule has 1 saturated heterocycles. The van der Waals surface area contributed by atoms with Crippen LogP contribution in [0.2, 0.25) is 0 Å². The molecular weight excluding hydrogens is 312 g/mol. The van der Waals surface area contributed by atoms with E-state index < -0.39 is 0 Å². The molecule has 2 aromatic rings. The van der Waals surface area contributed by atoms with Crippen LogP contribution in [-0.4, -0.2) is 36.2 Å². The molecule has 2 aromatic carbocycles. The van der Waals surface area contributed by atoms with Crippen molar-refractivity contribution < 1.29 is 9.53 Å². The lowest BCUT2D eigenvalue weighted by molar-refractivity contribution is -0.0735. The summed E-state index contributed by atoms with van der Waals surface area (Å²) in [6.07, 6.45) is 0. The molecule has 0 aromatic heterocycles. The molecule has 25 heavy (non-hydrogen) atoms. The second kappa shape index (κ2) is 7.28. The topological polar surface area (TPSA) is 41.6 Å². The number of carbonyl (C=O) groups excluding carboxylic acids is 1. The van der Waals surface area contributed by atoms with Crippen molar-refractivity contribution in [2.45, 2.75) is 32.4 Å². The molecule has 4 nitrogen and oxygen atoms in total. The molecule has 4 heteroatoms. The van der Waals surface area contributed by atoms with Gasteiger partial charge in [0.15, 0.2) is 0 Å². The minimum Gasteiger partial charge on any atom is -0.372 e. The number of ether oxygens (including phenoxy) is 1. The normalized spacial score (nSPS) is 17.8. The van der Waals surface area contributed by atoms with Crippen molar-refractivity contribution in [2.24, 2.45) is 0 Å². The largest absolute Gasteiger partial charge is 0.372 e. The molecule has 1 N–H and O–H groups in total. The van der Waals surface area contributed by atoms with Crippen molar-refractivity contribution in [3.63, 3.8) is 0 Å². The average Bonchev–Trinajstić information content (AvgIpc) is 2.61. The zero-order valence-electron chi connectivity index (χ0n) is 15.2. The predicted molar refractivity (Wildman–Crippen MR) is 100 cm³/mol. The van der Waals surface area contributed by atoms with E-state index in [4.69, 9.17) is 4.74 Å². The highest BCUT2D eigenvalue weighted by Crippen LogP contribution is 2.22. The quantitative estimate of drug-likeness (QED) is 0.910. The fourth-order valence-corrected chi connectivity index (χ4v) is 3.14. The van der Waals surface area contributed by atoms with Gasteiger partial charge in [0.05, 0.1) is 24.8 Å². The molecule has 3 rings (SSSR count). The van der Waals surface area contributed by atoms with Crippen LogP contribution in [0.4, 0.5) is 4.79 Å². The molecular formula is C21H26N2O2. The van der Waals surface area contributed by atoms with Crippen LogP contribution in [0.1, 0.15) is 32.4 Å². The van der Waals surface area contributed by atoms with E-state index in [1.54, 1.807) is 0 Å². The van der Waals surface area contributed by atoms with E-state index in [0.29, 0.717) is 19.7 Å². The van der Waals surface area contributed by atoms with E-state index in [1.807, 2.05) is 43.9 Å². The molecule has 132 valence electrons. The van der Waals surface area contributed by atoms with Crippen molar-refractivity contribution in [3.8, 4) is 11.1 Å². The highest BCUT2D eigenvalue weighted by atomic mass is 16.5. The molecule has 1 unspecified atom stereocenters. The lowest BCUT2D eigenvalue weighted by Gasteiger charge is -2.38. The summed E-state index contributed by atoms with van der Waals surface area (Å²) in [6, 6.07) is 18.6. The molecule has 0 bridgehead atoms. The van der Waals surface area contributed by atoms with Gasteiger partial charge in [0, 0.05) is 6.54 Å². The number of nitrogens with one attached hydrogen (secondary N) is 1. The average molecular weight is 338 g/mol. The summed E-state index contributed by atoms with van der Waals surface area (Å²) in [4.78, 5) is 14.3. The summed E-state index contributed by atoms with van der Waals surface area (Å²) in [5.41, 5.74) is 3.19. The first-order chi connectivity index (χ1) is 11.9. The standard InChI is InChI=1S/C21H26N2O2/c1-16(22-20(24)23-13-14-25-21(2,3)15-23)17-9-11-19(12-10-17)18-7-5-4-6-8-18/h4-12,16H,13-15H2,1-3H3,(H,22,24). The SMILES string of the molecule is CC(NC(=O)N1CCOC(C)(C)C1)c1ccc(-c2ccccc2)cc1. The Morgan fingerprint density at radius 1 is 1.08 bits per heavy atom. The summed E-state index contributed by atoms with van der Waals surface area (Å²) in [7, 11) is 0. The zero-order valence-corrected chi connectivity index (χ0v) is 15.2. The van der Waals surface area contributed by atoms with Crippen LogP contribution in [0.25, 0.3) is 11.1 Å². The van der Waals surface area contributed by atoms with E-state index in [0.717, 1.165) is 5.56 Å². The Morgan fingerprint density at radius 3 is 2.36 bits per heavy atom. The Balaban J connectivity index is 1.63. The number of hydrogen-bond acceptors (Lipinski definition) is 2. The Morgan fingerprint density at radius 2 is 1.72 bits per heavy atom. The van der Waals surface area contributed by atoms with Gasteiger partial charge in [-0.05, 0) is 37.5 Å². The van der Waals surface area contributed by atoms with Crippen molar-refractivity contribution in [3.05, 3.63) is 60.2 Å². The van der Waals surface area contributed by atoms with Gasteiger partial charge in [0.1, 0.15) is 0 Å². The fourth-order valence-electron chi connectivity index (χ4n) is 3.14. The monoisotopic (exact) mass is 338 g/mol. The number of urea groups is 1. The summed E-state index contributed by atoms with van der Waals surface area (Å²) in [6.45, 7) is 7.87. The number of carbonyl (C=O) groups is 1. The van der Waals surface area contributed by atoms with Crippen LogP contribution in [-0.2, 0) is 4.74 Å². The zero-order chi connectivity index (χ0) is 17.9. The number of rotatable bonds is 3. The van der Waals surface area contributed by atoms with Crippen molar-refractivity contribution in [1.29, 1.82) is 0 Å². The fraction of sp³-hybridized carbons (Fsp3) is 0.381. The van der Waals surface area contributed by atoms with Crippen molar-refractivity contribution in [2.75, 3.05) is 19.7 Å². The maximum Gasteiger partial charge on any atom is 0.318 e. The Bertz CT molecular complexity index is 710. The van der Waals surface area contributed by atoms with Gasteiger partial charge in [-0.2, -0.15) is 0 Å². The van der Waals surface area contributed by atoms with Gasteiger partial charge in [-0.25, -0.2) is 4.79 Å². The van der Waals surface area contributed by atoms with Gasteiger partial charge in [0.25, 0.3) is 0 Å². The summed E-state index contributed by atoms with van der Waals surface area (Å²) in [5.74, 6) is 0. The first-order valence-corrected chi connectivity index (χ1v) is 8.79. The lowest BCUT2D eigenvalue weighted by Crippen LogP contribution is -2.53. The predicted octanol–water partition coefficient (Wildman–Crippen LogP) is 4.24. The van der Waals surface area contributed by atoms with E-state index in [9.17, 15) is 4.79 Å². The maximum atomic E-state index is 12.5. The van der Waals surface area contributed by atoms with Crippen LogP contribution in [0, 0.1) is 0 Å². The van der Waals surface area contributed by atoms with Crippen LogP contribution in [0.3, 0.4) is 0 Å². The van der Waals surface area contributed by atoms with E-state index >= 15 is 0 Å². The van der Waals surface area contributed by atoms with Crippen LogP contribution < -0.4 is 5.32 Å². The molecule has 1 fully saturated rings. The van der Waals surface area contributed by atoms with Crippen molar-refractivity contribution in [1.82, 2.24) is 10.2 Å². The highest BCUT2D eigenvalue weighted by molar-refractivity contribution is 5.75. The van der Waals surface area contributed by atoms with Gasteiger partial charge >= 0.3 is 6.03 Å². The third kappa shape index (κ3) is 4.40. The summed E-state index contributed by atoms with van der Waals surface area (Å²) in [5, 5.41) is 3.09. The molecule has 1 aliphatic heterocycles. The maximum absolute atomic E-state index is 12.5. The number of amides is 2. The molecule has 1 atom stereocenters. The van der Waals surface area contributed by atoms with Gasteiger partial charge < -0.3 is 15.0 Å². The summed E-state index contributed by atoms with van der Waals surface area (Å²) < 4.78 is 5.67. The van der Waals surface area contributed by atoms with Gasteiger partial charge in [-0.3, -0.25) is 0 Å². The Kier molecular flexibility index (Phi) is 5.09. The molecule has 0 radical (unpaired) electrons. The van der Waals surface area contributed by atoms with Crippen LogP contribution in [0.15, 0.2) is 54.6 Å². The smallest absolute Gasteiger partial charge is 0.318 e. The lowest BCUT2D eigenvalue weighted by atomic mass is 10.0. The third-order valence-electron chi connectivity index (χ3n) is 4.57. The second-order valence-corrected chi connectivity index (χ2v) is 7.19. The molecule has 1 aliphatic rings. The number of benzene rings is 2. The first-order valence-electron chi connectivity index (χ1n) is 8.79. The Labute approximate surface area is 149 Å². The minimum atomic E-state index is -0.282. The van der Waals surface area contributed by atoms with Gasteiger partial charge in [-0.15, -0.1) is 0 Å². The van der Waals surface area contributed by atoms with Gasteiger partial charge in [-0.1, -0.05) is 54.6 Å². The number of morpholine rings is 1. The molecule has 0 aliphatic carbocycles. The van der Waals surface area contributed by atoms with Gasteiger partial charge in [0.2, 0.25) is 0 Å². The van der Waals surface area contributed by atoms with Crippen LogP contribution in [0.5, 0.6) is 0 Å². The van der Waals surface area contributed by atoms with E-state index in [1.165, 1.54) is 11.1 Å². The van der Waals surface area contributed by atoms with Crippen molar-refractivity contribution >= 4 is 6.03 Å². The molecule has 0 spiro atoms. The molecule has 2 amide bonds. The van der Waals surface area contributed by atoms with Crippen LogP contribution >= 0.6 is 0 Å². The Hall–Kier alpha value is -2.33.